The molecular weight excluding hydrogens is 200 g/mol. The Morgan fingerprint density at radius 1 is 1.50 bits per heavy atom. The van der Waals surface area contributed by atoms with Gasteiger partial charge in [-0.3, -0.25) is 15.1 Å². The Morgan fingerprint density at radius 2 is 2.43 bits per heavy atom. The van der Waals surface area contributed by atoms with Crippen molar-refractivity contribution in [3.05, 3.63) is 35.9 Å². The van der Waals surface area contributed by atoms with Crippen LogP contribution in [0.3, 0.4) is 0 Å². The SMILES string of the molecule is O=C(Nc1n[c]cs1)c1cnccn1. The number of thiazole rings is 1. The number of aromatic nitrogens is 3. The highest BCUT2D eigenvalue weighted by Crippen LogP contribution is 2.10. The maximum atomic E-state index is 11.5. The Bertz CT molecular complexity index is 414. The number of amides is 1. The molecular formula is C8H5N4OS. The lowest BCUT2D eigenvalue weighted by atomic mass is 10.4. The summed E-state index contributed by atoms with van der Waals surface area (Å²) in [5.41, 5.74) is 0.266. The minimum atomic E-state index is -0.318. The third-order valence-electron chi connectivity index (χ3n) is 1.41. The first-order valence-corrected chi connectivity index (χ1v) is 4.63. The maximum absolute atomic E-state index is 11.5. The smallest absolute Gasteiger partial charge is 0.277 e. The molecule has 0 aromatic carbocycles. The van der Waals surface area contributed by atoms with Crippen LogP contribution in [0, 0.1) is 6.20 Å². The van der Waals surface area contributed by atoms with E-state index < -0.39 is 0 Å². The predicted molar refractivity (Wildman–Crippen MR) is 50.9 cm³/mol. The molecule has 0 atom stereocenters. The van der Waals surface area contributed by atoms with Crippen LogP contribution in [0.5, 0.6) is 0 Å². The van der Waals surface area contributed by atoms with Crippen LogP contribution in [0.4, 0.5) is 5.13 Å². The zero-order chi connectivity index (χ0) is 9.80. The van der Waals surface area contributed by atoms with Gasteiger partial charge in [0.1, 0.15) is 11.9 Å². The van der Waals surface area contributed by atoms with Crippen LogP contribution < -0.4 is 5.32 Å². The van der Waals surface area contributed by atoms with E-state index in [-0.39, 0.29) is 11.6 Å². The van der Waals surface area contributed by atoms with Crippen LogP contribution in [-0.2, 0) is 0 Å². The monoisotopic (exact) mass is 205 g/mol. The molecule has 0 saturated carbocycles. The molecule has 0 saturated heterocycles. The zero-order valence-corrected chi connectivity index (χ0v) is 7.78. The standard InChI is InChI=1S/C8H5N4OS/c13-7(6-5-9-1-2-10-6)12-8-11-3-4-14-8/h1-2,4-5H,(H,11,12,13). The number of carbonyl (C=O) groups excluding carboxylic acids is 1. The number of nitrogens with one attached hydrogen (secondary N) is 1. The molecule has 0 bridgehead atoms. The molecule has 69 valence electrons. The van der Waals surface area contributed by atoms with Gasteiger partial charge in [0, 0.05) is 17.8 Å². The van der Waals surface area contributed by atoms with Crippen molar-refractivity contribution in [3.8, 4) is 0 Å². The van der Waals surface area contributed by atoms with Gasteiger partial charge in [0.15, 0.2) is 5.13 Å². The van der Waals surface area contributed by atoms with Crippen molar-refractivity contribution in [3.63, 3.8) is 0 Å². The number of rotatable bonds is 2. The van der Waals surface area contributed by atoms with E-state index >= 15 is 0 Å². The lowest BCUT2D eigenvalue weighted by molar-refractivity contribution is 0.102. The molecule has 2 aromatic rings. The summed E-state index contributed by atoms with van der Waals surface area (Å²) in [6.07, 6.45) is 6.97. The molecule has 2 rings (SSSR count). The molecule has 1 radical (unpaired) electrons. The van der Waals surface area contributed by atoms with E-state index in [2.05, 4.69) is 26.5 Å². The highest BCUT2D eigenvalue weighted by atomic mass is 32.1. The van der Waals surface area contributed by atoms with Crippen LogP contribution >= 0.6 is 11.3 Å². The summed E-state index contributed by atoms with van der Waals surface area (Å²) in [5.74, 6) is -0.318. The fraction of sp³-hybridized carbons (Fsp3) is 0. The van der Waals surface area contributed by atoms with E-state index in [0.717, 1.165) is 0 Å². The maximum Gasteiger partial charge on any atom is 0.277 e. The zero-order valence-electron chi connectivity index (χ0n) is 6.97. The van der Waals surface area contributed by atoms with Crippen LogP contribution in [-0.4, -0.2) is 20.9 Å². The summed E-state index contributed by atoms with van der Waals surface area (Å²) in [5, 5.41) is 4.73. The van der Waals surface area contributed by atoms with Gasteiger partial charge >= 0.3 is 0 Å². The minimum Gasteiger partial charge on any atom is -0.296 e. The summed E-state index contributed by atoms with van der Waals surface area (Å²) < 4.78 is 0. The van der Waals surface area contributed by atoms with Crippen molar-refractivity contribution >= 4 is 22.4 Å². The summed E-state index contributed by atoms with van der Waals surface area (Å²) in [4.78, 5) is 22.9. The van der Waals surface area contributed by atoms with Gasteiger partial charge < -0.3 is 0 Å². The van der Waals surface area contributed by atoms with Crippen molar-refractivity contribution in [2.45, 2.75) is 0 Å². The normalized spacial score (nSPS) is 9.71. The highest BCUT2D eigenvalue weighted by molar-refractivity contribution is 7.13. The van der Waals surface area contributed by atoms with E-state index in [1.165, 1.54) is 29.9 Å². The Kier molecular flexibility index (Phi) is 2.46. The molecule has 0 aliphatic carbocycles. The number of hydrogen-bond acceptors (Lipinski definition) is 5. The molecule has 2 aromatic heterocycles. The summed E-state index contributed by atoms with van der Waals surface area (Å²) in [7, 11) is 0. The number of nitrogens with zero attached hydrogens (tertiary/aromatic N) is 3. The lowest BCUT2D eigenvalue weighted by Crippen LogP contribution is -2.13. The van der Waals surface area contributed by atoms with E-state index in [0.29, 0.717) is 5.13 Å². The molecule has 6 heteroatoms. The summed E-state index contributed by atoms with van der Waals surface area (Å²) >= 11 is 1.30. The van der Waals surface area contributed by atoms with Crippen LogP contribution in [0.2, 0.25) is 0 Å². The fourth-order valence-corrected chi connectivity index (χ4v) is 1.30. The summed E-state index contributed by atoms with van der Waals surface area (Å²) in [6, 6.07) is 0. The van der Waals surface area contributed by atoms with Gasteiger partial charge in [-0.25, -0.2) is 9.97 Å². The Hall–Kier alpha value is -1.82. The second kappa shape index (κ2) is 3.93. The third-order valence-corrected chi connectivity index (χ3v) is 2.05. The first kappa shape index (κ1) is 8.76. The van der Waals surface area contributed by atoms with Crippen LogP contribution in [0.25, 0.3) is 0 Å². The van der Waals surface area contributed by atoms with Gasteiger partial charge in [0.25, 0.3) is 5.91 Å². The molecule has 0 aliphatic heterocycles. The lowest BCUT2D eigenvalue weighted by Gasteiger charge is -1.98. The Morgan fingerprint density at radius 3 is 3.07 bits per heavy atom. The Balaban J connectivity index is 2.11. The van der Waals surface area contributed by atoms with Gasteiger partial charge in [-0.2, -0.15) is 0 Å². The van der Waals surface area contributed by atoms with Crippen molar-refractivity contribution in [1.29, 1.82) is 0 Å². The molecule has 2 heterocycles. The first-order chi connectivity index (χ1) is 6.86. The largest absolute Gasteiger partial charge is 0.296 e. The van der Waals surface area contributed by atoms with Crippen molar-refractivity contribution < 1.29 is 4.79 Å². The van der Waals surface area contributed by atoms with E-state index in [4.69, 9.17) is 0 Å². The van der Waals surface area contributed by atoms with Gasteiger partial charge in [0.2, 0.25) is 0 Å². The van der Waals surface area contributed by atoms with Crippen molar-refractivity contribution in [2.75, 3.05) is 5.32 Å². The molecule has 5 nitrogen and oxygen atoms in total. The van der Waals surface area contributed by atoms with Gasteiger partial charge in [-0.05, 0) is 0 Å². The van der Waals surface area contributed by atoms with Gasteiger partial charge in [0.05, 0.1) is 6.20 Å². The van der Waals surface area contributed by atoms with E-state index in [9.17, 15) is 4.79 Å². The third kappa shape index (κ3) is 1.91. The molecule has 0 spiro atoms. The average Bonchev–Trinajstić information content (AvgIpc) is 2.72. The average molecular weight is 205 g/mol. The Labute approximate surface area is 83.9 Å². The molecule has 1 amide bonds. The number of hydrogen-bond donors (Lipinski definition) is 1. The highest BCUT2D eigenvalue weighted by Gasteiger charge is 2.07. The molecule has 0 aliphatic rings. The van der Waals surface area contributed by atoms with Crippen LogP contribution in [0.1, 0.15) is 10.5 Å². The molecule has 14 heavy (non-hydrogen) atoms. The summed E-state index contributed by atoms with van der Waals surface area (Å²) in [6.45, 7) is 0. The van der Waals surface area contributed by atoms with E-state index in [1.54, 1.807) is 5.38 Å². The number of anilines is 1. The topological polar surface area (TPSA) is 67.8 Å². The second-order valence-electron chi connectivity index (χ2n) is 2.33. The van der Waals surface area contributed by atoms with Crippen molar-refractivity contribution in [2.24, 2.45) is 0 Å². The molecule has 0 fully saturated rings. The quantitative estimate of drug-likeness (QED) is 0.793. The van der Waals surface area contributed by atoms with Crippen molar-refractivity contribution in [1.82, 2.24) is 15.0 Å². The second-order valence-corrected chi connectivity index (χ2v) is 3.18. The van der Waals surface area contributed by atoms with Crippen LogP contribution in [0.15, 0.2) is 24.0 Å². The minimum absolute atomic E-state index is 0.266. The van der Waals surface area contributed by atoms with E-state index in [1.807, 2.05) is 0 Å². The fourth-order valence-electron chi connectivity index (χ4n) is 0.828. The molecule has 0 unspecified atom stereocenters. The first-order valence-electron chi connectivity index (χ1n) is 3.75. The predicted octanol–water partition coefficient (Wildman–Crippen LogP) is 0.986. The molecule has 1 N–H and O–H groups in total. The van der Waals surface area contributed by atoms with Gasteiger partial charge in [-0.1, -0.05) is 0 Å². The van der Waals surface area contributed by atoms with Gasteiger partial charge in [-0.15, -0.1) is 11.3 Å². The number of carbonyl (C=O) groups is 1.